The summed E-state index contributed by atoms with van der Waals surface area (Å²) in [5.41, 5.74) is 1.92. The van der Waals surface area contributed by atoms with Gasteiger partial charge in [-0.25, -0.2) is 0 Å². The van der Waals surface area contributed by atoms with Gasteiger partial charge >= 0.3 is 0 Å². The molecule has 2 rings (SSSR count). The molecule has 0 spiro atoms. The van der Waals surface area contributed by atoms with Gasteiger partial charge in [0.15, 0.2) is 0 Å². The van der Waals surface area contributed by atoms with E-state index in [-0.39, 0.29) is 17.7 Å². The predicted octanol–water partition coefficient (Wildman–Crippen LogP) is 1.93. The van der Waals surface area contributed by atoms with Gasteiger partial charge in [-0.15, -0.1) is 0 Å². The van der Waals surface area contributed by atoms with Gasteiger partial charge in [-0.1, -0.05) is 20.8 Å². The number of nitrogens with one attached hydrogen (secondary N) is 2. The minimum Gasteiger partial charge on any atom is -0.369 e. The van der Waals surface area contributed by atoms with E-state index in [2.05, 4.69) is 27.4 Å². The first kappa shape index (κ1) is 19.2. The summed E-state index contributed by atoms with van der Waals surface area (Å²) >= 11 is 0. The summed E-state index contributed by atoms with van der Waals surface area (Å²) in [5, 5.41) is 5.60. The molecule has 25 heavy (non-hydrogen) atoms. The van der Waals surface area contributed by atoms with E-state index < -0.39 is 6.04 Å². The number of hydrogen-bond acceptors (Lipinski definition) is 4. The number of carbonyl (C=O) groups is 2. The van der Waals surface area contributed by atoms with Gasteiger partial charge < -0.3 is 20.4 Å². The number of rotatable bonds is 6. The highest BCUT2D eigenvalue weighted by Gasteiger charge is 2.23. The maximum atomic E-state index is 12.4. The quantitative estimate of drug-likeness (QED) is 0.826. The summed E-state index contributed by atoms with van der Waals surface area (Å²) in [6.45, 7) is 12.8. The zero-order valence-corrected chi connectivity index (χ0v) is 15.7. The molecule has 6 heteroatoms. The van der Waals surface area contributed by atoms with Gasteiger partial charge in [0.2, 0.25) is 11.8 Å². The molecular weight excluding hydrogens is 316 g/mol. The van der Waals surface area contributed by atoms with Gasteiger partial charge in [-0.3, -0.25) is 9.59 Å². The minimum absolute atomic E-state index is 0.0260. The average molecular weight is 346 g/mol. The Morgan fingerprint density at radius 1 is 1.08 bits per heavy atom. The van der Waals surface area contributed by atoms with Gasteiger partial charge in [0.25, 0.3) is 0 Å². The lowest BCUT2D eigenvalue weighted by Crippen LogP contribution is -2.46. The van der Waals surface area contributed by atoms with Gasteiger partial charge in [-0.2, -0.15) is 0 Å². The van der Waals surface area contributed by atoms with Crippen molar-refractivity contribution in [1.82, 2.24) is 10.2 Å². The molecule has 0 aromatic heterocycles. The molecule has 1 atom stereocenters. The standard InChI is InChI=1S/C19H30N4O2/c1-5-22-10-12-23(13-11-22)17-8-6-16(7-9-17)21-19(25)18(14(2)3)20-15(4)24/h6-9,14,18H,5,10-13H2,1-4H3,(H,20,24)(H,21,25). The maximum absolute atomic E-state index is 12.4. The third-order valence-electron chi connectivity index (χ3n) is 4.63. The van der Waals surface area contributed by atoms with Gasteiger partial charge in [0.1, 0.15) is 6.04 Å². The lowest BCUT2D eigenvalue weighted by Gasteiger charge is -2.35. The van der Waals surface area contributed by atoms with E-state index in [4.69, 9.17) is 0 Å². The number of nitrogens with zero attached hydrogens (tertiary/aromatic N) is 2. The summed E-state index contributed by atoms with van der Waals surface area (Å²) in [7, 11) is 0. The fourth-order valence-corrected chi connectivity index (χ4v) is 3.05. The lowest BCUT2D eigenvalue weighted by atomic mass is 10.0. The second-order valence-corrected chi connectivity index (χ2v) is 6.88. The summed E-state index contributed by atoms with van der Waals surface area (Å²) in [6.07, 6.45) is 0. The fourth-order valence-electron chi connectivity index (χ4n) is 3.05. The summed E-state index contributed by atoms with van der Waals surface area (Å²) in [6, 6.07) is 7.40. The topological polar surface area (TPSA) is 64.7 Å². The SMILES string of the molecule is CCN1CCN(c2ccc(NC(=O)C(NC(C)=O)C(C)C)cc2)CC1. The lowest BCUT2D eigenvalue weighted by molar-refractivity contribution is -0.126. The molecule has 1 aliphatic rings. The van der Waals surface area contributed by atoms with Crippen molar-refractivity contribution in [3.05, 3.63) is 24.3 Å². The molecule has 2 amide bonds. The molecule has 1 aromatic rings. The third kappa shape index (κ3) is 5.46. The van der Waals surface area contributed by atoms with Crippen LogP contribution in [0, 0.1) is 5.92 Å². The molecule has 1 saturated heterocycles. The van der Waals surface area contributed by atoms with Gasteiger partial charge in [0.05, 0.1) is 0 Å². The molecule has 1 unspecified atom stereocenters. The van der Waals surface area contributed by atoms with Crippen LogP contribution in [0.3, 0.4) is 0 Å². The van der Waals surface area contributed by atoms with Crippen molar-refractivity contribution in [2.75, 3.05) is 42.9 Å². The number of hydrogen-bond donors (Lipinski definition) is 2. The van der Waals surface area contributed by atoms with E-state index in [1.54, 1.807) is 0 Å². The van der Waals surface area contributed by atoms with E-state index in [0.717, 1.165) is 38.4 Å². The summed E-state index contributed by atoms with van der Waals surface area (Å²) in [5.74, 6) is -0.358. The fraction of sp³-hybridized carbons (Fsp3) is 0.579. The Kier molecular flexibility index (Phi) is 6.82. The number of piperazine rings is 1. The van der Waals surface area contributed by atoms with Crippen LogP contribution in [0.15, 0.2) is 24.3 Å². The van der Waals surface area contributed by atoms with Crippen LogP contribution in [0.4, 0.5) is 11.4 Å². The van der Waals surface area contributed by atoms with Crippen LogP contribution in [0.2, 0.25) is 0 Å². The Balaban J connectivity index is 1.95. The number of amides is 2. The second-order valence-electron chi connectivity index (χ2n) is 6.88. The highest BCUT2D eigenvalue weighted by Crippen LogP contribution is 2.20. The Labute approximate surface area is 150 Å². The van der Waals surface area contributed by atoms with Crippen molar-refractivity contribution in [2.45, 2.75) is 33.7 Å². The average Bonchev–Trinajstić information content (AvgIpc) is 2.60. The van der Waals surface area contributed by atoms with E-state index in [1.807, 2.05) is 38.1 Å². The van der Waals surface area contributed by atoms with E-state index in [1.165, 1.54) is 12.6 Å². The number of likely N-dealkylation sites (N-methyl/N-ethyl adjacent to an activating group) is 1. The predicted molar refractivity (Wildman–Crippen MR) is 102 cm³/mol. The van der Waals surface area contributed by atoms with Crippen molar-refractivity contribution in [3.8, 4) is 0 Å². The van der Waals surface area contributed by atoms with Crippen LogP contribution in [0.25, 0.3) is 0 Å². The van der Waals surface area contributed by atoms with Crippen LogP contribution < -0.4 is 15.5 Å². The van der Waals surface area contributed by atoms with Crippen molar-refractivity contribution >= 4 is 23.2 Å². The number of carbonyl (C=O) groups excluding carboxylic acids is 2. The molecular formula is C19H30N4O2. The number of anilines is 2. The monoisotopic (exact) mass is 346 g/mol. The first-order valence-corrected chi connectivity index (χ1v) is 9.06. The third-order valence-corrected chi connectivity index (χ3v) is 4.63. The van der Waals surface area contributed by atoms with Crippen molar-refractivity contribution < 1.29 is 9.59 Å². The summed E-state index contributed by atoms with van der Waals surface area (Å²) in [4.78, 5) is 28.5. The Morgan fingerprint density at radius 2 is 1.68 bits per heavy atom. The molecule has 0 aliphatic carbocycles. The van der Waals surface area contributed by atoms with E-state index in [0.29, 0.717) is 0 Å². The van der Waals surface area contributed by atoms with E-state index in [9.17, 15) is 9.59 Å². The van der Waals surface area contributed by atoms with Crippen LogP contribution >= 0.6 is 0 Å². The largest absolute Gasteiger partial charge is 0.369 e. The smallest absolute Gasteiger partial charge is 0.247 e. The summed E-state index contributed by atoms with van der Waals surface area (Å²) < 4.78 is 0. The minimum atomic E-state index is -0.528. The Bertz CT molecular complexity index is 578. The molecule has 0 bridgehead atoms. The maximum Gasteiger partial charge on any atom is 0.247 e. The highest BCUT2D eigenvalue weighted by atomic mass is 16.2. The molecule has 0 saturated carbocycles. The zero-order valence-electron chi connectivity index (χ0n) is 15.7. The molecule has 138 valence electrons. The zero-order chi connectivity index (χ0) is 18.4. The normalized spacial score (nSPS) is 16.6. The second kappa shape index (κ2) is 8.85. The highest BCUT2D eigenvalue weighted by molar-refractivity contribution is 5.97. The van der Waals surface area contributed by atoms with Crippen molar-refractivity contribution in [1.29, 1.82) is 0 Å². The molecule has 0 radical (unpaired) electrons. The first-order chi connectivity index (χ1) is 11.9. The molecule has 1 fully saturated rings. The van der Waals surface area contributed by atoms with Crippen LogP contribution in [0.5, 0.6) is 0 Å². The van der Waals surface area contributed by atoms with Crippen LogP contribution in [-0.2, 0) is 9.59 Å². The molecule has 1 aromatic carbocycles. The van der Waals surface area contributed by atoms with Crippen molar-refractivity contribution in [3.63, 3.8) is 0 Å². The van der Waals surface area contributed by atoms with Gasteiger partial charge in [0, 0.05) is 44.5 Å². The molecule has 6 nitrogen and oxygen atoms in total. The Morgan fingerprint density at radius 3 is 2.16 bits per heavy atom. The molecule has 2 N–H and O–H groups in total. The van der Waals surface area contributed by atoms with Crippen LogP contribution in [-0.4, -0.2) is 55.5 Å². The van der Waals surface area contributed by atoms with Crippen molar-refractivity contribution in [2.24, 2.45) is 5.92 Å². The van der Waals surface area contributed by atoms with E-state index >= 15 is 0 Å². The molecule has 1 aliphatic heterocycles. The van der Waals surface area contributed by atoms with Crippen LogP contribution in [0.1, 0.15) is 27.7 Å². The number of benzene rings is 1. The first-order valence-electron chi connectivity index (χ1n) is 9.06. The van der Waals surface area contributed by atoms with Gasteiger partial charge in [-0.05, 0) is 36.7 Å². The molecule has 1 heterocycles. The Hall–Kier alpha value is -2.08.